The molecule has 0 aromatic heterocycles. The smallest absolute Gasteiger partial charge is 0.196 e. The third-order valence-corrected chi connectivity index (χ3v) is 0.604. The van der Waals surface area contributed by atoms with Crippen LogP contribution in [0.5, 0.6) is 0 Å². The first-order chi connectivity index (χ1) is 6.41. The molecule has 0 N–H and O–H groups in total. The largest absolute Gasteiger partial charge is 0.448 e. The van der Waals surface area contributed by atoms with Crippen molar-refractivity contribution in [1.82, 2.24) is 0 Å². The van der Waals surface area contributed by atoms with Crippen molar-refractivity contribution in [3.63, 3.8) is 0 Å². The van der Waals surface area contributed by atoms with Gasteiger partial charge in [-0.3, -0.25) is 0 Å². The monoisotopic (exact) mass is 245 g/mol. The van der Waals surface area contributed by atoms with Gasteiger partial charge in [0.15, 0.2) is 0 Å². The summed E-state index contributed by atoms with van der Waals surface area (Å²) in [6.07, 6.45) is -13.5. The summed E-state index contributed by atoms with van der Waals surface area (Å²) in [6.45, 7) is 4.06. The molecule has 0 rings (SSSR count). The molecule has 0 unspecified atom stereocenters. The van der Waals surface area contributed by atoms with Gasteiger partial charge in [-0.2, -0.15) is 39.5 Å². The van der Waals surface area contributed by atoms with E-state index in [9.17, 15) is 39.5 Å². The van der Waals surface area contributed by atoms with Crippen molar-refractivity contribution in [2.75, 3.05) is 0 Å². The zero-order valence-corrected chi connectivity index (χ0v) is 6.56. The van der Waals surface area contributed by atoms with E-state index in [1.54, 1.807) is 0 Å². The molecule has 0 aromatic carbocycles. The van der Waals surface area contributed by atoms with E-state index in [-0.39, 0.29) is 6.08 Å². The first-order valence-electron chi connectivity index (χ1n) is 2.82. The fraction of sp³-hybridized carbons (Fsp3) is 0.333. The molecule has 9 heteroatoms. The van der Waals surface area contributed by atoms with Gasteiger partial charge in [-0.1, -0.05) is 6.58 Å². The maximum Gasteiger partial charge on any atom is 0.448 e. The van der Waals surface area contributed by atoms with Crippen molar-refractivity contribution in [3.8, 4) is 0 Å². The average Bonchev–Trinajstić information content (AvgIpc) is 2.01. The molecule has 0 atom stereocenters. The lowest BCUT2D eigenvalue weighted by Crippen LogP contribution is -2.08. The van der Waals surface area contributed by atoms with Crippen LogP contribution in [0.1, 0.15) is 0 Å². The second-order valence-electron chi connectivity index (χ2n) is 1.78. The van der Waals surface area contributed by atoms with Gasteiger partial charge < -0.3 is 0 Å². The van der Waals surface area contributed by atoms with E-state index >= 15 is 0 Å². The van der Waals surface area contributed by atoms with Crippen molar-refractivity contribution in [2.45, 2.75) is 12.4 Å². The fourth-order valence-electron chi connectivity index (χ4n) is 0.107. The minimum atomic E-state index is -5.56. The number of alkyl halides is 6. The predicted octanol–water partition coefficient (Wildman–Crippen LogP) is 4.16. The minimum Gasteiger partial charge on any atom is -0.196 e. The summed E-state index contributed by atoms with van der Waals surface area (Å²) in [5, 5.41) is 0. The van der Waals surface area contributed by atoms with Crippen molar-refractivity contribution in [2.24, 2.45) is 0 Å². The Morgan fingerprint density at radius 2 is 1.13 bits per heavy atom. The van der Waals surface area contributed by atoms with E-state index in [0.717, 1.165) is 0 Å². The number of halogens is 9. The summed E-state index contributed by atoms with van der Waals surface area (Å²) < 4.78 is 96.6. The van der Waals surface area contributed by atoms with Gasteiger partial charge in [0.1, 0.15) is 0 Å². The van der Waals surface area contributed by atoms with Crippen molar-refractivity contribution in [1.29, 1.82) is 0 Å². The maximum atomic E-state index is 11.0. The molecule has 0 fully saturated rings. The third kappa shape index (κ3) is 10.8. The zero-order valence-electron chi connectivity index (χ0n) is 6.56. The Morgan fingerprint density at radius 1 is 0.867 bits per heavy atom. The molecule has 0 aliphatic rings. The number of hydrogen-bond donors (Lipinski definition) is 0. The predicted molar refractivity (Wildman–Crippen MR) is 31.3 cm³/mol. The van der Waals surface area contributed by atoms with Crippen LogP contribution in [-0.4, -0.2) is 12.4 Å². The van der Waals surface area contributed by atoms with Crippen LogP contribution in [0.25, 0.3) is 0 Å². The Kier molecular flexibility index (Phi) is 6.15. The van der Waals surface area contributed by atoms with Gasteiger partial charge in [0.2, 0.25) is 0 Å². The lowest BCUT2D eigenvalue weighted by molar-refractivity contribution is -0.113. The van der Waals surface area contributed by atoms with E-state index in [1.165, 1.54) is 0 Å². The van der Waals surface area contributed by atoms with Crippen LogP contribution >= 0.6 is 0 Å². The highest BCUT2D eigenvalue weighted by Crippen LogP contribution is 2.29. The molecule has 0 aromatic rings. The van der Waals surface area contributed by atoms with Gasteiger partial charge >= 0.3 is 18.4 Å². The molecule has 0 nitrogen and oxygen atoms in total. The normalized spacial score (nSPS) is 11.3. The molecule has 0 aliphatic carbocycles. The highest BCUT2D eigenvalue weighted by atomic mass is 19.4. The average molecular weight is 245 g/mol. The molecule has 15 heavy (non-hydrogen) atoms. The molecule has 89 valence electrons. The van der Waals surface area contributed by atoms with Crippen LogP contribution in [0.4, 0.5) is 39.5 Å². The highest BCUT2D eigenvalue weighted by molar-refractivity contribution is 4.98. The SMILES string of the molecule is FC(F)=C(F)C(F)(F)F.[CH]=CC(F)(F)F. The number of hydrogen-bond acceptors (Lipinski definition) is 0. The van der Waals surface area contributed by atoms with E-state index in [0.29, 0.717) is 0 Å². The molecule has 0 heterocycles. The van der Waals surface area contributed by atoms with Crippen molar-refractivity contribution >= 4 is 0 Å². The van der Waals surface area contributed by atoms with Gasteiger partial charge in [-0.25, -0.2) is 0 Å². The summed E-state index contributed by atoms with van der Waals surface area (Å²) in [5.41, 5.74) is 0. The summed E-state index contributed by atoms with van der Waals surface area (Å²) in [7, 11) is 0. The van der Waals surface area contributed by atoms with Gasteiger partial charge in [-0.15, -0.1) is 0 Å². The van der Waals surface area contributed by atoms with Gasteiger partial charge in [0.05, 0.1) is 0 Å². The quantitative estimate of drug-likeness (QED) is 0.562. The summed E-state index contributed by atoms with van der Waals surface area (Å²) in [5.74, 6) is -3.33. The second kappa shape index (κ2) is 5.66. The summed E-state index contributed by atoms with van der Waals surface area (Å²) in [6, 6.07) is 0. The highest BCUT2D eigenvalue weighted by Gasteiger charge is 2.38. The lowest BCUT2D eigenvalue weighted by Gasteiger charge is -1.98. The maximum absolute atomic E-state index is 11.0. The molecule has 0 amide bonds. The van der Waals surface area contributed by atoms with Crippen LogP contribution in [0.15, 0.2) is 18.0 Å². The molecule has 0 saturated carbocycles. The fourth-order valence-corrected chi connectivity index (χ4v) is 0.107. The topological polar surface area (TPSA) is 0 Å². The van der Waals surface area contributed by atoms with Crippen LogP contribution < -0.4 is 0 Å². The number of rotatable bonds is 0. The van der Waals surface area contributed by atoms with Crippen LogP contribution in [0, 0.1) is 6.58 Å². The van der Waals surface area contributed by atoms with E-state index in [1.807, 2.05) is 0 Å². The van der Waals surface area contributed by atoms with Gasteiger partial charge in [-0.05, 0) is 0 Å². The Hall–Kier alpha value is -1.15. The zero-order chi connectivity index (χ0) is 12.9. The summed E-state index contributed by atoms with van der Waals surface area (Å²) in [4.78, 5) is 0. The first-order valence-corrected chi connectivity index (χ1v) is 2.82. The van der Waals surface area contributed by atoms with Crippen molar-refractivity contribution < 1.29 is 39.5 Å². The Morgan fingerprint density at radius 3 is 1.13 bits per heavy atom. The molecular formula is C6H2F9. The van der Waals surface area contributed by atoms with E-state index in [2.05, 4.69) is 6.58 Å². The molecule has 0 aliphatic heterocycles. The second-order valence-corrected chi connectivity index (χ2v) is 1.78. The lowest BCUT2D eigenvalue weighted by atomic mass is 10.6. The summed E-state index contributed by atoms with van der Waals surface area (Å²) >= 11 is 0. The van der Waals surface area contributed by atoms with E-state index in [4.69, 9.17) is 0 Å². The Balaban J connectivity index is 0. The minimum absolute atomic E-state index is 0.312. The third-order valence-electron chi connectivity index (χ3n) is 0.604. The molecule has 0 saturated heterocycles. The van der Waals surface area contributed by atoms with Crippen LogP contribution in [0.2, 0.25) is 0 Å². The van der Waals surface area contributed by atoms with Crippen LogP contribution in [-0.2, 0) is 0 Å². The van der Waals surface area contributed by atoms with Gasteiger partial charge in [0.25, 0.3) is 5.83 Å². The number of allylic oxidation sites excluding steroid dienone is 2. The molecule has 0 spiro atoms. The first kappa shape index (κ1) is 16.3. The van der Waals surface area contributed by atoms with Gasteiger partial charge in [0, 0.05) is 6.08 Å². The standard InChI is InChI=1S/C3F6.C3H2F3/c4-1(2(5)6)3(7,8)9;1-2-3(4,5)6/h;1-2H. The molecule has 0 bridgehead atoms. The molecular weight excluding hydrogens is 243 g/mol. The van der Waals surface area contributed by atoms with E-state index < -0.39 is 24.3 Å². The van der Waals surface area contributed by atoms with Crippen molar-refractivity contribution in [3.05, 3.63) is 24.6 Å². The molecule has 1 radical (unpaired) electrons. The Bertz CT molecular complexity index is 226. The van der Waals surface area contributed by atoms with Crippen LogP contribution in [0.3, 0.4) is 0 Å². The Labute approximate surface area is 77.7 Å².